The van der Waals surface area contributed by atoms with Crippen molar-refractivity contribution < 1.29 is 22.0 Å². The van der Waals surface area contributed by atoms with Crippen LogP contribution in [0, 0.1) is 11.6 Å². The zero-order valence-corrected chi connectivity index (χ0v) is 16.1. The quantitative estimate of drug-likeness (QED) is 0.528. The fourth-order valence-corrected chi connectivity index (χ4v) is 4.13. The normalized spacial score (nSPS) is 11.5. The van der Waals surface area contributed by atoms with Crippen molar-refractivity contribution in [3.63, 3.8) is 0 Å². The highest BCUT2D eigenvalue weighted by molar-refractivity contribution is 7.91. The first-order valence-electron chi connectivity index (χ1n) is 8.70. The van der Waals surface area contributed by atoms with E-state index in [1.807, 2.05) is 0 Å². The molecule has 0 bridgehead atoms. The Hall–Kier alpha value is -3.66. The summed E-state index contributed by atoms with van der Waals surface area (Å²) < 4.78 is 53.5. The molecule has 152 valence electrons. The van der Waals surface area contributed by atoms with Crippen LogP contribution in [-0.2, 0) is 16.4 Å². The van der Waals surface area contributed by atoms with Crippen LogP contribution in [0.5, 0.6) is 0 Å². The van der Waals surface area contributed by atoms with Crippen LogP contribution in [0.1, 0.15) is 15.9 Å². The molecule has 30 heavy (non-hydrogen) atoms. The molecule has 4 aromatic rings. The van der Waals surface area contributed by atoms with Crippen LogP contribution in [0.4, 0.5) is 8.78 Å². The summed E-state index contributed by atoms with van der Waals surface area (Å²) >= 11 is 0. The second-order valence-electron chi connectivity index (χ2n) is 6.41. The van der Waals surface area contributed by atoms with Gasteiger partial charge in [0, 0.05) is 37.4 Å². The van der Waals surface area contributed by atoms with Crippen LogP contribution in [-0.4, -0.2) is 28.7 Å². The molecular formula is C20H14F2N4O3S. The third-order valence-corrected chi connectivity index (χ3v) is 6.09. The van der Waals surface area contributed by atoms with Gasteiger partial charge in [0.05, 0.1) is 15.4 Å². The number of imidazole rings is 1. The number of carbonyl (C=O) groups excluding carboxylic acids is 1. The molecule has 2 aromatic heterocycles. The Morgan fingerprint density at radius 1 is 1.00 bits per heavy atom. The number of sulfone groups is 1. The smallest absolute Gasteiger partial charge is 0.254 e. The van der Waals surface area contributed by atoms with Crippen molar-refractivity contribution in [3.8, 4) is 0 Å². The summed E-state index contributed by atoms with van der Waals surface area (Å²) in [6.07, 6.45) is 6.24. The molecule has 0 aliphatic carbocycles. The Bertz CT molecular complexity index is 1330. The first kappa shape index (κ1) is 19.6. The molecule has 0 aliphatic rings. The van der Waals surface area contributed by atoms with Gasteiger partial charge in [-0.05, 0) is 29.8 Å². The standard InChI is InChI=1S/C20H14F2N4O3S/c21-15-7-16(22)9-18(8-15)30(28,29)17-3-1-13(2-4-17)10-24-19(27)14-11-25-20-23-5-6-26(20)12-14/h1-9,11-12H,10H2,(H,24,27). The molecule has 0 atom stereocenters. The Morgan fingerprint density at radius 2 is 1.70 bits per heavy atom. The summed E-state index contributed by atoms with van der Waals surface area (Å²) in [4.78, 5) is 19.8. The highest BCUT2D eigenvalue weighted by Crippen LogP contribution is 2.23. The number of nitrogens with one attached hydrogen (secondary N) is 1. The van der Waals surface area contributed by atoms with Gasteiger partial charge in [-0.25, -0.2) is 27.2 Å². The molecule has 1 N–H and O–H groups in total. The van der Waals surface area contributed by atoms with E-state index in [-0.39, 0.29) is 17.3 Å². The van der Waals surface area contributed by atoms with E-state index in [1.54, 1.807) is 23.0 Å². The van der Waals surface area contributed by atoms with Crippen molar-refractivity contribution in [2.24, 2.45) is 0 Å². The van der Waals surface area contributed by atoms with Crippen LogP contribution in [0.15, 0.2) is 77.0 Å². The maximum Gasteiger partial charge on any atom is 0.254 e. The van der Waals surface area contributed by atoms with E-state index in [9.17, 15) is 22.0 Å². The number of hydrogen-bond acceptors (Lipinski definition) is 5. The number of nitrogens with zero attached hydrogens (tertiary/aromatic N) is 3. The SMILES string of the molecule is O=C(NCc1ccc(S(=O)(=O)c2cc(F)cc(F)c2)cc1)c1cnc2nccn2c1. The predicted octanol–water partition coefficient (Wildman–Crippen LogP) is 2.77. The average molecular weight is 428 g/mol. The molecule has 10 heteroatoms. The maximum atomic E-state index is 13.4. The van der Waals surface area contributed by atoms with Crippen molar-refractivity contribution in [1.29, 1.82) is 0 Å². The van der Waals surface area contributed by atoms with E-state index in [1.165, 1.54) is 30.5 Å². The lowest BCUT2D eigenvalue weighted by molar-refractivity contribution is 0.0950. The first-order valence-corrected chi connectivity index (χ1v) is 10.2. The van der Waals surface area contributed by atoms with Crippen molar-refractivity contribution in [2.45, 2.75) is 16.3 Å². The van der Waals surface area contributed by atoms with Gasteiger partial charge < -0.3 is 5.32 Å². The molecule has 2 aromatic carbocycles. The van der Waals surface area contributed by atoms with E-state index >= 15 is 0 Å². The minimum Gasteiger partial charge on any atom is -0.348 e. The number of carbonyl (C=O) groups is 1. The van der Waals surface area contributed by atoms with Gasteiger partial charge in [-0.15, -0.1) is 0 Å². The largest absolute Gasteiger partial charge is 0.348 e. The van der Waals surface area contributed by atoms with Crippen molar-refractivity contribution >= 4 is 21.5 Å². The second-order valence-corrected chi connectivity index (χ2v) is 8.36. The fraction of sp³-hybridized carbons (Fsp3) is 0.0500. The molecule has 1 amide bonds. The number of fused-ring (bicyclic) bond motifs is 1. The van der Waals surface area contributed by atoms with Gasteiger partial charge in [-0.3, -0.25) is 9.20 Å². The Morgan fingerprint density at radius 3 is 2.40 bits per heavy atom. The van der Waals surface area contributed by atoms with Gasteiger partial charge in [0.15, 0.2) is 0 Å². The van der Waals surface area contributed by atoms with Crippen LogP contribution in [0.2, 0.25) is 0 Å². The maximum absolute atomic E-state index is 13.4. The van der Waals surface area contributed by atoms with Crippen LogP contribution in [0.25, 0.3) is 5.78 Å². The van der Waals surface area contributed by atoms with Crippen molar-refractivity contribution in [2.75, 3.05) is 0 Å². The van der Waals surface area contributed by atoms with E-state index in [2.05, 4.69) is 15.3 Å². The first-order chi connectivity index (χ1) is 14.3. The molecule has 0 aliphatic heterocycles. The molecule has 0 saturated carbocycles. The molecular weight excluding hydrogens is 414 g/mol. The van der Waals surface area contributed by atoms with Crippen molar-refractivity contribution in [3.05, 3.63) is 90.0 Å². The molecule has 0 saturated heterocycles. The van der Waals surface area contributed by atoms with Gasteiger partial charge >= 0.3 is 0 Å². The van der Waals surface area contributed by atoms with Crippen LogP contribution in [0.3, 0.4) is 0 Å². The van der Waals surface area contributed by atoms with E-state index in [4.69, 9.17) is 0 Å². The lowest BCUT2D eigenvalue weighted by Crippen LogP contribution is -2.23. The summed E-state index contributed by atoms with van der Waals surface area (Å²) in [5.41, 5.74) is 0.984. The highest BCUT2D eigenvalue weighted by atomic mass is 32.2. The van der Waals surface area contributed by atoms with Crippen LogP contribution < -0.4 is 5.32 Å². The topological polar surface area (TPSA) is 93.4 Å². The summed E-state index contributed by atoms with van der Waals surface area (Å²) in [5.74, 6) is -1.83. The van der Waals surface area contributed by atoms with Gasteiger partial charge in [0.2, 0.25) is 15.6 Å². The highest BCUT2D eigenvalue weighted by Gasteiger charge is 2.19. The van der Waals surface area contributed by atoms with Gasteiger partial charge in [-0.1, -0.05) is 12.1 Å². The summed E-state index contributed by atoms with van der Waals surface area (Å²) in [5, 5.41) is 2.72. The van der Waals surface area contributed by atoms with E-state index in [0.29, 0.717) is 23.0 Å². The molecule has 7 nitrogen and oxygen atoms in total. The molecule has 4 rings (SSSR count). The minimum atomic E-state index is -4.07. The van der Waals surface area contributed by atoms with Crippen molar-refractivity contribution in [1.82, 2.24) is 19.7 Å². The summed E-state index contributed by atoms with van der Waals surface area (Å²) in [7, 11) is -4.07. The molecule has 2 heterocycles. The Labute approximate surface area is 170 Å². The average Bonchev–Trinajstić information content (AvgIpc) is 3.19. The number of aromatic nitrogens is 3. The molecule has 0 spiro atoms. The third-order valence-electron chi connectivity index (χ3n) is 4.34. The van der Waals surface area contributed by atoms with Crippen LogP contribution >= 0.6 is 0 Å². The van der Waals surface area contributed by atoms with Gasteiger partial charge in [0.25, 0.3) is 5.91 Å². The van der Waals surface area contributed by atoms with Gasteiger partial charge in [0.1, 0.15) is 11.6 Å². The van der Waals surface area contributed by atoms with E-state index in [0.717, 1.165) is 12.1 Å². The number of benzene rings is 2. The second kappa shape index (κ2) is 7.64. The lowest BCUT2D eigenvalue weighted by Gasteiger charge is -2.08. The Balaban J connectivity index is 1.47. The third kappa shape index (κ3) is 3.90. The van der Waals surface area contributed by atoms with Gasteiger partial charge in [-0.2, -0.15) is 0 Å². The zero-order chi connectivity index (χ0) is 21.3. The van der Waals surface area contributed by atoms with E-state index < -0.39 is 26.4 Å². The zero-order valence-electron chi connectivity index (χ0n) is 15.3. The number of halogens is 2. The summed E-state index contributed by atoms with van der Waals surface area (Å²) in [6, 6.07) is 7.79. The monoisotopic (exact) mass is 428 g/mol. The number of rotatable bonds is 5. The lowest BCUT2D eigenvalue weighted by atomic mass is 10.2. The molecule has 0 radical (unpaired) electrons. The number of hydrogen-bond donors (Lipinski definition) is 1. The fourth-order valence-electron chi connectivity index (χ4n) is 2.82. The Kier molecular flexibility index (Phi) is 5.00. The number of amides is 1. The molecule has 0 unspecified atom stereocenters. The molecule has 0 fully saturated rings. The minimum absolute atomic E-state index is 0.114. The summed E-state index contributed by atoms with van der Waals surface area (Å²) in [6.45, 7) is 0.149. The predicted molar refractivity (Wildman–Crippen MR) is 102 cm³/mol.